The van der Waals surface area contributed by atoms with Crippen LogP contribution in [0, 0.1) is 0 Å². The number of amides is 1. The largest absolute Gasteiger partial charge is 0.497 e. The summed E-state index contributed by atoms with van der Waals surface area (Å²) in [5.41, 5.74) is 3.71. The van der Waals surface area contributed by atoms with Crippen molar-refractivity contribution < 1.29 is 22.7 Å². The fraction of sp³-hybridized carbons (Fsp3) is 0.417. The van der Waals surface area contributed by atoms with Gasteiger partial charge in [-0.1, -0.05) is 37.5 Å². The molecule has 0 aliphatic heterocycles. The summed E-state index contributed by atoms with van der Waals surface area (Å²) in [5.74, 6) is 0.206. The van der Waals surface area contributed by atoms with Gasteiger partial charge in [0.05, 0.1) is 24.8 Å². The monoisotopic (exact) mass is 473 g/mol. The van der Waals surface area contributed by atoms with E-state index in [4.69, 9.17) is 9.47 Å². The summed E-state index contributed by atoms with van der Waals surface area (Å²) in [5, 5.41) is 4.30. The van der Waals surface area contributed by atoms with Crippen LogP contribution in [0.3, 0.4) is 0 Å². The third-order valence-corrected chi connectivity index (χ3v) is 7.32. The van der Waals surface area contributed by atoms with Gasteiger partial charge in [0.25, 0.3) is 15.9 Å². The minimum Gasteiger partial charge on any atom is -0.497 e. The summed E-state index contributed by atoms with van der Waals surface area (Å²) in [7, 11) is -1.14. The van der Waals surface area contributed by atoms with Crippen LogP contribution >= 0.6 is 0 Å². The standard InChI is InChI=1S/C24H31N3O5S/c1-31-20-15-16-23(32-2)22(17-20)27(33(29,30)21-13-9-6-10-14-21)18-24(28)26-25-19-11-7-4-3-5-8-12-19/h6,9-10,13-17H,3-5,7-8,11-12,18H2,1-2H3,(H,26,28). The number of ether oxygens (including phenoxy) is 2. The fourth-order valence-electron chi connectivity index (χ4n) is 3.74. The Morgan fingerprint density at radius 3 is 2.27 bits per heavy atom. The van der Waals surface area contributed by atoms with Crippen LogP contribution in [0.1, 0.15) is 44.9 Å². The molecule has 1 amide bonds. The van der Waals surface area contributed by atoms with Crippen molar-refractivity contribution >= 4 is 27.3 Å². The predicted octanol–water partition coefficient (Wildman–Crippen LogP) is 4.12. The van der Waals surface area contributed by atoms with E-state index in [-0.39, 0.29) is 10.6 Å². The van der Waals surface area contributed by atoms with Crippen LogP contribution in [-0.2, 0) is 14.8 Å². The maximum Gasteiger partial charge on any atom is 0.264 e. The summed E-state index contributed by atoms with van der Waals surface area (Å²) in [6, 6.07) is 12.8. The Morgan fingerprint density at radius 1 is 0.970 bits per heavy atom. The second kappa shape index (κ2) is 11.7. The van der Waals surface area contributed by atoms with Gasteiger partial charge in [-0.2, -0.15) is 5.10 Å². The molecule has 0 aromatic heterocycles. The molecule has 1 N–H and O–H groups in total. The third kappa shape index (κ3) is 6.47. The number of hydrogen-bond acceptors (Lipinski definition) is 6. The molecule has 0 saturated heterocycles. The topological polar surface area (TPSA) is 97.3 Å². The summed E-state index contributed by atoms with van der Waals surface area (Å²) in [4.78, 5) is 12.9. The molecule has 1 aliphatic rings. The van der Waals surface area contributed by atoms with Gasteiger partial charge in [-0.3, -0.25) is 9.10 Å². The first-order chi connectivity index (χ1) is 16.0. The van der Waals surface area contributed by atoms with E-state index in [1.165, 1.54) is 38.8 Å². The van der Waals surface area contributed by atoms with E-state index in [0.29, 0.717) is 11.5 Å². The van der Waals surface area contributed by atoms with Crippen molar-refractivity contribution in [1.29, 1.82) is 0 Å². The average molecular weight is 474 g/mol. The van der Waals surface area contributed by atoms with E-state index in [1.54, 1.807) is 30.3 Å². The third-order valence-electron chi connectivity index (χ3n) is 5.54. The zero-order valence-electron chi connectivity index (χ0n) is 19.1. The van der Waals surface area contributed by atoms with Crippen LogP contribution in [0.25, 0.3) is 0 Å². The Balaban J connectivity index is 1.92. The van der Waals surface area contributed by atoms with Gasteiger partial charge in [-0.05, 0) is 49.9 Å². The van der Waals surface area contributed by atoms with Crippen LogP contribution in [0.4, 0.5) is 5.69 Å². The Hall–Kier alpha value is -3.07. The lowest BCUT2D eigenvalue weighted by molar-refractivity contribution is -0.119. The second-order valence-corrected chi connectivity index (χ2v) is 9.71. The minimum absolute atomic E-state index is 0.0639. The molecule has 178 valence electrons. The number of methoxy groups -OCH3 is 2. The highest BCUT2D eigenvalue weighted by Gasteiger charge is 2.30. The number of carbonyl (C=O) groups is 1. The van der Waals surface area contributed by atoms with Gasteiger partial charge >= 0.3 is 0 Å². The molecule has 0 atom stereocenters. The van der Waals surface area contributed by atoms with Crippen LogP contribution in [0.2, 0.25) is 0 Å². The number of hydrogen-bond donors (Lipinski definition) is 1. The molecule has 1 saturated carbocycles. The molecule has 3 rings (SSSR count). The molecular weight excluding hydrogens is 442 g/mol. The number of nitrogens with zero attached hydrogens (tertiary/aromatic N) is 2. The van der Waals surface area contributed by atoms with Crippen molar-refractivity contribution in [2.45, 2.75) is 49.8 Å². The van der Waals surface area contributed by atoms with E-state index in [9.17, 15) is 13.2 Å². The highest BCUT2D eigenvalue weighted by molar-refractivity contribution is 7.92. The van der Waals surface area contributed by atoms with Crippen LogP contribution in [0.5, 0.6) is 11.5 Å². The Kier molecular flexibility index (Phi) is 8.71. The lowest BCUT2D eigenvalue weighted by Gasteiger charge is -2.25. The number of hydrazone groups is 1. The van der Waals surface area contributed by atoms with Crippen LogP contribution in [-0.4, -0.2) is 40.8 Å². The highest BCUT2D eigenvalue weighted by atomic mass is 32.2. The normalized spacial score (nSPS) is 14.5. The number of rotatable bonds is 8. The molecule has 33 heavy (non-hydrogen) atoms. The lowest BCUT2D eigenvalue weighted by atomic mass is 9.99. The average Bonchev–Trinajstić information content (AvgIpc) is 2.82. The van der Waals surface area contributed by atoms with Crippen molar-refractivity contribution in [2.75, 3.05) is 25.1 Å². The van der Waals surface area contributed by atoms with Crippen molar-refractivity contribution in [1.82, 2.24) is 5.43 Å². The molecule has 0 bridgehead atoms. The van der Waals surface area contributed by atoms with Gasteiger partial charge < -0.3 is 9.47 Å². The van der Waals surface area contributed by atoms with Crippen LogP contribution in [0.15, 0.2) is 58.5 Å². The molecule has 0 heterocycles. The summed E-state index contributed by atoms with van der Waals surface area (Å²) >= 11 is 0. The maximum atomic E-state index is 13.5. The van der Waals surface area contributed by atoms with Gasteiger partial charge in [0.15, 0.2) is 0 Å². The molecule has 1 fully saturated rings. The zero-order chi connectivity index (χ0) is 23.7. The number of carbonyl (C=O) groups excluding carboxylic acids is 1. The summed E-state index contributed by atoms with van der Waals surface area (Å²) < 4.78 is 38.8. The predicted molar refractivity (Wildman–Crippen MR) is 128 cm³/mol. The van der Waals surface area contributed by atoms with Gasteiger partial charge in [-0.15, -0.1) is 0 Å². The molecular formula is C24H31N3O5S. The van der Waals surface area contributed by atoms with Gasteiger partial charge in [0.1, 0.15) is 18.0 Å². The minimum atomic E-state index is -4.07. The molecule has 0 radical (unpaired) electrons. The Bertz CT molecular complexity index is 1060. The number of sulfonamides is 1. The smallest absolute Gasteiger partial charge is 0.264 e. The zero-order valence-corrected chi connectivity index (χ0v) is 19.9. The first-order valence-corrected chi connectivity index (χ1v) is 12.5. The van der Waals surface area contributed by atoms with Crippen molar-refractivity contribution in [3.05, 3.63) is 48.5 Å². The van der Waals surface area contributed by atoms with Crippen molar-refractivity contribution in [3.63, 3.8) is 0 Å². The van der Waals surface area contributed by atoms with Gasteiger partial charge in [0.2, 0.25) is 0 Å². The van der Waals surface area contributed by atoms with Crippen molar-refractivity contribution in [2.24, 2.45) is 5.10 Å². The van der Waals surface area contributed by atoms with E-state index in [1.807, 2.05) is 0 Å². The molecule has 0 spiro atoms. The van der Waals surface area contributed by atoms with Gasteiger partial charge in [-0.25, -0.2) is 13.8 Å². The first kappa shape index (κ1) is 24.6. The quantitative estimate of drug-likeness (QED) is 0.582. The van der Waals surface area contributed by atoms with E-state index < -0.39 is 22.5 Å². The lowest BCUT2D eigenvalue weighted by Crippen LogP contribution is -2.40. The number of nitrogens with one attached hydrogen (secondary N) is 1. The molecule has 2 aromatic carbocycles. The van der Waals surface area contributed by atoms with E-state index >= 15 is 0 Å². The number of benzene rings is 2. The maximum absolute atomic E-state index is 13.5. The molecule has 2 aromatic rings. The first-order valence-electron chi connectivity index (χ1n) is 11.1. The SMILES string of the molecule is COc1ccc(OC)c(N(CC(=O)NN=C2CCCCCCC2)S(=O)(=O)c2ccccc2)c1. The summed E-state index contributed by atoms with van der Waals surface area (Å²) in [6.07, 6.45) is 7.33. The molecule has 8 nitrogen and oxygen atoms in total. The van der Waals surface area contributed by atoms with Gasteiger partial charge in [0, 0.05) is 11.8 Å². The molecule has 0 unspecified atom stereocenters. The van der Waals surface area contributed by atoms with E-state index in [2.05, 4.69) is 10.5 Å². The summed E-state index contributed by atoms with van der Waals surface area (Å²) in [6.45, 7) is -0.461. The number of anilines is 1. The van der Waals surface area contributed by atoms with Crippen LogP contribution < -0.4 is 19.2 Å². The molecule has 9 heteroatoms. The second-order valence-electron chi connectivity index (χ2n) is 7.84. The Labute approximate surface area is 195 Å². The van der Waals surface area contributed by atoms with Crippen molar-refractivity contribution in [3.8, 4) is 11.5 Å². The highest BCUT2D eigenvalue weighted by Crippen LogP contribution is 2.35. The van der Waals surface area contributed by atoms with E-state index in [0.717, 1.165) is 48.5 Å². The fourth-order valence-corrected chi connectivity index (χ4v) is 5.19. The molecule has 1 aliphatic carbocycles. The Morgan fingerprint density at radius 2 is 1.64 bits per heavy atom.